The highest BCUT2D eigenvalue weighted by molar-refractivity contribution is 6.16. The number of benzene rings is 4. The Morgan fingerprint density at radius 1 is 0.667 bits per heavy atom. The molecule has 0 radical (unpaired) electrons. The van der Waals surface area contributed by atoms with Gasteiger partial charge in [0, 0.05) is 51.4 Å². The first kappa shape index (κ1) is 31.0. The minimum absolute atomic E-state index is 0.0632. The maximum absolute atomic E-state index is 5.34. The van der Waals surface area contributed by atoms with Gasteiger partial charge in [0.1, 0.15) is 6.04 Å². The lowest BCUT2D eigenvalue weighted by molar-refractivity contribution is 0.592. The highest BCUT2D eigenvalue weighted by Gasteiger charge is 2.32. The van der Waals surface area contributed by atoms with E-state index >= 15 is 0 Å². The molecule has 3 atom stereocenters. The molecule has 4 heteroatoms. The second-order valence-corrected chi connectivity index (χ2v) is 14.7. The second kappa shape index (κ2) is 12.6. The first-order valence-corrected chi connectivity index (χ1v) is 19.0. The van der Waals surface area contributed by atoms with Gasteiger partial charge in [0.15, 0.2) is 0 Å². The standard InChI is InChI=1S/C50H36N4/c1-2-10-33(11-3-1)43-28-23-35-20-21-36-24-29-45(54-49(36)48(35)52-43)39-27-26-38(50-40(39)14-8-30-51-50)32-16-18-34(19-17-32)47-42-25-22-31-9-4-5-12-37(31)46(42)41-13-6-7-15-44(41)53-47/h1-3,5-8,10-12,14-30,35,41,48H,4,9,13H2. The van der Waals surface area contributed by atoms with Crippen LogP contribution in [0.25, 0.3) is 45.4 Å². The Hall–Kier alpha value is -6.52. The Kier molecular flexibility index (Phi) is 7.22. The molecule has 0 spiro atoms. The second-order valence-electron chi connectivity index (χ2n) is 14.7. The Bertz CT molecular complexity index is 2740. The fourth-order valence-corrected chi connectivity index (χ4v) is 8.97. The van der Waals surface area contributed by atoms with E-state index in [1.165, 1.54) is 22.3 Å². The molecule has 3 unspecified atom stereocenters. The predicted molar refractivity (Wildman–Crippen MR) is 222 cm³/mol. The van der Waals surface area contributed by atoms with E-state index in [1.807, 2.05) is 18.3 Å². The topological polar surface area (TPSA) is 50.5 Å². The van der Waals surface area contributed by atoms with E-state index in [9.17, 15) is 0 Å². The van der Waals surface area contributed by atoms with Crippen molar-refractivity contribution in [2.75, 3.05) is 0 Å². The van der Waals surface area contributed by atoms with Crippen LogP contribution in [0.2, 0.25) is 0 Å². The maximum Gasteiger partial charge on any atom is 0.103 e. The fraction of sp³-hybridized carbons (Fsp3) is 0.120. The van der Waals surface area contributed by atoms with Gasteiger partial charge in [-0.1, -0.05) is 134 Å². The quantitative estimate of drug-likeness (QED) is 0.185. The number of fused-ring (bicyclic) bond motifs is 9. The molecule has 256 valence electrons. The third kappa shape index (κ3) is 5.05. The first-order valence-electron chi connectivity index (χ1n) is 19.0. The predicted octanol–water partition coefficient (Wildman–Crippen LogP) is 11.4. The molecule has 0 fully saturated rings. The molecule has 11 rings (SSSR count). The van der Waals surface area contributed by atoms with Gasteiger partial charge in [-0.2, -0.15) is 0 Å². The van der Waals surface area contributed by atoms with E-state index in [0.29, 0.717) is 5.92 Å². The van der Waals surface area contributed by atoms with E-state index in [2.05, 4.69) is 146 Å². The van der Waals surface area contributed by atoms with Crippen molar-refractivity contribution >= 4 is 34.5 Å². The van der Waals surface area contributed by atoms with Crippen LogP contribution in [-0.2, 0) is 6.42 Å². The minimum Gasteiger partial charge on any atom is -0.274 e. The molecule has 4 aromatic carbocycles. The molecule has 2 aliphatic heterocycles. The third-order valence-corrected chi connectivity index (χ3v) is 11.7. The van der Waals surface area contributed by atoms with E-state index in [1.54, 1.807) is 0 Å². The van der Waals surface area contributed by atoms with Crippen LogP contribution in [0.15, 0.2) is 168 Å². The van der Waals surface area contributed by atoms with Crippen molar-refractivity contribution in [3.05, 3.63) is 202 Å². The van der Waals surface area contributed by atoms with Crippen LogP contribution in [0, 0.1) is 5.92 Å². The summed E-state index contributed by atoms with van der Waals surface area (Å²) in [5, 5.41) is 1.08. The van der Waals surface area contributed by atoms with Crippen LogP contribution in [0.5, 0.6) is 0 Å². The number of allylic oxidation sites excluding steroid dienone is 6. The number of aryl methyl sites for hydroxylation is 1. The fourth-order valence-electron chi connectivity index (χ4n) is 8.97. The molecule has 2 aromatic heterocycles. The van der Waals surface area contributed by atoms with Crippen LogP contribution in [-0.4, -0.2) is 21.4 Å². The minimum atomic E-state index is -0.0632. The van der Waals surface area contributed by atoms with Crippen molar-refractivity contribution in [3.8, 4) is 22.4 Å². The highest BCUT2D eigenvalue weighted by Crippen LogP contribution is 2.44. The van der Waals surface area contributed by atoms with Crippen molar-refractivity contribution in [1.29, 1.82) is 0 Å². The van der Waals surface area contributed by atoms with Crippen LogP contribution in [0.1, 0.15) is 69.4 Å². The van der Waals surface area contributed by atoms with E-state index < -0.39 is 0 Å². The lowest BCUT2D eigenvalue weighted by Gasteiger charge is -2.31. The normalized spacial score (nSPS) is 20.2. The molecule has 3 aliphatic carbocycles. The number of pyridine rings is 2. The highest BCUT2D eigenvalue weighted by atomic mass is 14.9. The maximum atomic E-state index is 5.34. The number of hydrogen-bond acceptors (Lipinski definition) is 4. The zero-order valence-electron chi connectivity index (χ0n) is 29.7. The Labute approximate surface area is 315 Å². The average Bonchev–Trinajstić information content (AvgIpc) is 3.25. The van der Waals surface area contributed by atoms with Crippen LogP contribution in [0.3, 0.4) is 0 Å². The summed E-state index contributed by atoms with van der Waals surface area (Å²) in [6, 6.07) is 36.8. The van der Waals surface area contributed by atoms with Gasteiger partial charge in [-0.15, -0.1) is 0 Å². The summed E-state index contributed by atoms with van der Waals surface area (Å²) >= 11 is 0. The summed E-state index contributed by atoms with van der Waals surface area (Å²) in [6.45, 7) is 0. The van der Waals surface area contributed by atoms with Gasteiger partial charge >= 0.3 is 0 Å². The number of nitrogens with zero attached hydrogens (tertiary/aromatic N) is 4. The molecule has 0 N–H and O–H groups in total. The summed E-state index contributed by atoms with van der Waals surface area (Å²) in [7, 11) is 0. The molecule has 0 bridgehead atoms. The number of rotatable bonds is 4. The van der Waals surface area contributed by atoms with Crippen LogP contribution in [0.4, 0.5) is 0 Å². The van der Waals surface area contributed by atoms with Crippen LogP contribution >= 0.6 is 0 Å². The molecule has 0 saturated carbocycles. The molecule has 5 aliphatic rings. The summed E-state index contributed by atoms with van der Waals surface area (Å²) < 4.78 is 0. The number of aliphatic imine (C=N–C) groups is 2. The van der Waals surface area contributed by atoms with Gasteiger partial charge in [-0.25, -0.2) is 4.98 Å². The van der Waals surface area contributed by atoms with E-state index in [-0.39, 0.29) is 12.0 Å². The number of hydrogen-bond donors (Lipinski definition) is 0. The van der Waals surface area contributed by atoms with Crippen molar-refractivity contribution < 1.29 is 0 Å². The van der Waals surface area contributed by atoms with Crippen molar-refractivity contribution in [2.45, 2.75) is 31.2 Å². The Morgan fingerprint density at radius 2 is 1.52 bits per heavy atom. The molecular formula is C50H36N4. The summed E-state index contributed by atoms with van der Waals surface area (Å²) in [6.07, 6.45) is 25.3. The van der Waals surface area contributed by atoms with E-state index in [0.717, 1.165) is 92.1 Å². The molecule has 4 nitrogen and oxygen atoms in total. The zero-order valence-corrected chi connectivity index (χ0v) is 29.7. The Morgan fingerprint density at radius 3 is 2.44 bits per heavy atom. The largest absolute Gasteiger partial charge is 0.274 e. The average molecular weight is 693 g/mol. The van der Waals surface area contributed by atoms with Crippen molar-refractivity contribution in [2.24, 2.45) is 15.9 Å². The smallest absolute Gasteiger partial charge is 0.103 e. The SMILES string of the molecule is C1=CCC2C(=C1)N=C(c1ccc(-c3ccc(-c4ccc5c(n4)C4N=C(c6ccccc6)C=CC4C=C5)c4cccnc34)cc1)c1ccc3c(c12)C=CCC3. The monoisotopic (exact) mass is 692 g/mol. The van der Waals surface area contributed by atoms with Crippen molar-refractivity contribution in [3.63, 3.8) is 0 Å². The Balaban J connectivity index is 0.961. The number of aromatic nitrogens is 2. The van der Waals surface area contributed by atoms with Gasteiger partial charge in [-0.3, -0.25) is 15.0 Å². The molecule has 0 amide bonds. The van der Waals surface area contributed by atoms with Gasteiger partial charge in [-0.05, 0) is 76.9 Å². The van der Waals surface area contributed by atoms with E-state index in [4.69, 9.17) is 20.0 Å². The lowest BCUT2D eigenvalue weighted by atomic mass is 9.76. The van der Waals surface area contributed by atoms with Gasteiger partial charge in [0.2, 0.25) is 0 Å². The molecule has 54 heavy (non-hydrogen) atoms. The summed E-state index contributed by atoms with van der Waals surface area (Å²) in [4.78, 5) is 20.8. The van der Waals surface area contributed by atoms with Crippen molar-refractivity contribution in [1.82, 2.24) is 9.97 Å². The van der Waals surface area contributed by atoms with Gasteiger partial charge in [0.25, 0.3) is 0 Å². The summed E-state index contributed by atoms with van der Waals surface area (Å²) in [5.74, 6) is 0.493. The lowest BCUT2D eigenvalue weighted by Crippen LogP contribution is -2.20. The van der Waals surface area contributed by atoms with Gasteiger partial charge < -0.3 is 0 Å². The first-order chi connectivity index (χ1) is 26.8. The van der Waals surface area contributed by atoms with Gasteiger partial charge in [0.05, 0.1) is 28.3 Å². The van der Waals surface area contributed by atoms with Crippen LogP contribution < -0.4 is 0 Å². The molecule has 6 aromatic rings. The molecule has 4 heterocycles. The summed E-state index contributed by atoms with van der Waals surface area (Å²) in [5.41, 5.74) is 18.3. The third-order valence-electron chi connectivity index (χ3n) is 11.7. The number of dihydropyridines is 1. The zero-order chi connectivity index (χ0) is 35.6. The molecule has 0 saturated heterocycles. The molecular weight excluding hydrogens is 657 g/mol.